The van der Waals surface area contributed by atoms with Crippen molar-refractivity contribution >= 4 is 17.6 Å². The van der Waals surface area contributed by atoms with E-state index in [1.807, 2.05) is 0 Å². The second-order valence-electron chi connectivity index (χ2n) is 3.82. The maximum Gasteiger partial charge on any atom is 0.320 e. The minimum absolute atomic E-state index is 0.0198. The molecule has 1 amide bonds. The molecule has 1 aromatic rings. The molecule has 0 radical (unpaired) electrons. The van der Waals surface area contributed by atoms with E-state index in [-0.39, 0.29) is 18.7 Å². The van der Waals surface area contributed by atoms with Gasteiger partial charge in [0.2, 0.25) is 5.91 Å². The molecule has 0 bridgehead atoms. The first-order valence-corrected chi connectivity index (χ1v) is 5.46. The molecule has 0 fully saturated rings. The molecule has 4 N–H and O–H groups in total. The lowest BCUT2D eigenvalue weighted by molar-refractivity contribution is -0.138. The predicted octanol–water partition coefficient (Wildman–Crippen LogP) is 1.29. The van der Waals surface area contributed by atoms with Crippen molar-refractivity contribution in [1.82, 2.24) is 0 Å². The van der Waals surface area contributed by atoms with Crippen LogP contribution in [0.25, 0.3) is 0 Å². The molecule has 0 saturated carbocycles. The lowest BCUT2D eigenvalue weighted by atomic mass is 10.1. The van der Waals surface area contributed by atoms with Crippen LogP contribution >= 0.6 is 0 Å². The van der Waals surface area contributed by atoms with E-state index in [0.717, 1.165) is 0 Å². The lowest BCUT2D eigenvalue weighted by Gasteiger charge is -2.09. The first-order valence-electron chi connectivity index (χ1n) is 5.46. The van der Waals surface area contributed by atoms with E-state index >= 15 is 0 Å². The van der Waals surface area contributed by atoms with Crippen LogP contribution in [0, 0.1) is 0 Å². The van der Waals surface area contributed by atoms with Crippen LogP contribution in [-0.2, 0) is 16.3 Å². The zero-order valence-electron chi connectivity index (χ0n) is 9.73. The fourth-order valence-corrected chi connectivity index (χ4v) is 1.38. The number of hydrogen-bond acceptors (Lipinski definition) is 3. The van der Waals surface area contributed by atoms with Crippen LogP contribution in [0.15, 0.2) is 24.3 Å². The smallest absolute Gasteiger partial charge is 0.320 e. The van der Waals surface area contributed by atoms with Crippen LogP contribution in [0.2, 0.25) is 0 Å². The molecule has 0 aliphatic heterocycles. The van der Waals surface area contributed by atoms with Gasteiger partial charge in [-0.2, -0.15) is 0 Å². The van der Waals surface area contributed by atoms with E-state index in [2.05, 4.69) is 5.32 Å². The summed E-state index contributed by atoms with van der Waals surface area (Å²) in [5, 5.41) is 11.1. The Morgan fingerprint density at radius 1 is 1.39 bits per heavy atom. The van der Waals surface area contributed by atoms with Crippen LogP contribution in [0.3, 0.4) is 0 Å². The Labute approximate surface area is 104 Å². The number of carbonyl (C=O) groups excluding carboxylic acids is 1. The minimum Gasteiger partial charge on any atom is -0.480 e. The first-order chi connectivity index (χ1) is 8.54. The van der Waals surface area contributed by atoms with Gasteiger partial charge < -0.3 is 16.2 Å². The van der Waals surface area contributed by atoms with Gasteiger partial charge in [0.05, 0.1) is 0 Å². The van der Waals surface area contributed by atoms with Gasteiger partial charge >= 0.3 is 5.97 Å². The number of aliphatic carboxylic acids is 1. The Bertz CT molecular complexity index is 437. The SMILES string of the molecule is NC(CCC(=O)Nc1ccccc1CF)C(=O)O. The quantitative estimate of drug-likeness (QED) is 0.713. The molecule has 1 unspecified atom stereocenters. The third kappa shape index (κ3) is 4.14. The zero-order chi connectivity index (χ0) is 13.5. The van der Waals surface area contributed by atoms with Crippen LogP contribution < -0.4 is 11.1 Å². The summed E-state index contributed by atoms with van der Waals surface area (Å²) < 4.78 is 12.6. The van der Waals surface area contributed by atoms with Gasteiger partial charge in [0.1, 0.15) is 12.7 Å². The number of carbonyl (C=O) groups is 2. The highest BCUT2D eigenvalue weighted by Gasteiger charge is 2.14. The van der Waals surface area contributed by atoms with E-state index in [0.29, 0.717) is 11.3 Å². The number of alkyl halides is 1. The summed E-state index contributed by atoms with van der Waals surface area (Å²) in [6.45, 7) is -0.676. The Hall–Kier alpha value is -1.95. The van der Waals surface area contributed by atoms with E-state index in [4.69, 9.17) is 10.8 Å². The molecule has 6 heteroatoms. The molecule has 1 aromatic carbocycles. The van der Waals surface area contributed by atoms with Gasteiger partial charge in [-0.05, 0) is 12.5 Å². The number of anilines is 1. The number of nitrogens with two attached hydrogens (primary N) is 1. The molecule has 0 aliphatic rings. The van der Waals surface area contributed by atoms with Gasteiger partial charge in [-0.15, -0.1) is 0 Å². The Morgan fingerprint density at radius 3 is 2.67 bits per heavy atom. The molecule has 18 heavy (non-hydrogen) atoms. The summed E-state index contributed by atoms with van der Waals surface area (Å²) in [7, 11) is 0. The number of rotatable bonds is 6. The van der Waals surface area contributed by atoms with E-state index in [9.17, 15) is 14.0 Å². The van der Waals surface area contributed by atoms with E-state index in [1.165, 1.54) is 0 Å². The third-order valence-electron chi connectivity index (χ3n) is 2.44. The van der Waals surface area contributed by atoms with Gasteiger partial charge in [-0.1, -0.05) is 18.2 Å². The van der Waals surface area contributed by atoms with Crippen molar-refractivity contribution in [1.29, 1.82) is 0 Å². The number of halogens is 1. The number of benzene rings is 1. The summed E-state index contributed by atoms with van der Waals surface area (Å²) in [6.07, 6.45) is 0.0209. The maximum absolute atomic E-state index is 12.6. The van der Waals surface area contributed by atoms with Crippen LogP contribution in [0.4, 0.5) is 10.1 Å². The number of hydrogen-bond donors (Lipinski definition) is 3. The highest BCUT2D eigenvalue weighted by atomic mass is 19.1. The standard InChI is InChI=1S/C12H15FN2O3/c13-7-8-3-1-2-4-10(8)15-11(16)6-5-9(14)12(17)18/h1-4,9H,5-7,14H2,(H,15,16)(H,17,18). The Balaban J connectivity index is 2.52. The fourth-order valence-electron chi connectivity index (χ4n) is 1.38. The molecule has 98 valence electrons. The largest absolute Gasteiger partial charge is 0.480 e. The predicted molar refractivity (Wildman–Crippen MR) is 64.7 cm³/mol. The molecule has 0 saturated heterocycles. The average Bonchev–Trinajstić information content (AvgIpc) is 2.36. The number of carboxylic acids is 1. The fraction of sp³-hybridized carbons (Fsp3) is 0.333. The molecule has 0 spiro atoms. The molecular formula is C12H15FN2O3. The topological polar surface area (TPSA) is 92.4 Å². The molecule has 0 heterocycles. The summed E-state index contributed by atoms with van der Waals surface area (Å²) >= 11 is 0. The van der Waals surface area contributed by atoms with Gasteiger partial charge in [0.15, 0.2) is 0 Å². The van der Waals surface area contributed by atoms with E-state index in [1.54, 1.807) is 24.3 Å². The first kappa shape index (κ1) is 14.1. The zero-order valence-corrected chi connectivity index (χ0v) is 9.73. The summed E-state index contributed by atoms with van der Waals surface area (Å²) in [6, 6.07) is 5.44. The molecule has 1 rings (SSSR count). The normalized spacial score (nSPS) is 11.9. The number of carboxylic acid groups (broad SMARTS) is 1. The lowest BCUT2D eigenvalue weighted by Crippen LogP contribution is -2.31. The monoisotopic (exact) mass is 254 g/mol. The number of amides is 1. The molecule has 5 nitrogen and oxygen atoms in total. The summed E-state index contributed by atoms with van der Waals surface area (Å²) in [4.78, 5) is 22.0. The van der Waals surface area contributed by atoms with Crippen LogP contribution in [0.1, 0.15) is 18.4 Å². The molecule has 0 aliphatic carbocycles. The van der Waals surface area contributed by atoms with Crippen molar-refractivity contribution in [3.05, 3.63) is 29.8 Å². The van der Waals surface area contributed by atoms with Gasteiger partial charge in [-0.25, -0.2) is 4.39 Å². The second kappa shape index (κ2) is 6.70. The average molecular weight is 254 g/mol. The Kier molecular flexibility index (Phi) is 5.26. The summed E-state index contributed by atoms with van der Waals surface area (Å²) in [5.74, 6) is -1.53. The molecule has 1 atom stereocenters. The highest BCUT2D eigenvalue weighted by Crippen LogP contribution is 2.16. The summed E-state index contributed by atoms with van der Waals surface area (Å²) in [5.41, 5.74) is 6.05. The molecule has 0 aromatic heterocycles. The van der Waals surface area contributed by atoms with Crippen molar-refractivity contribution in [2.75, 3.05) is 5.32 Å². The maximum atomic E-state index is 12.6. The van der Waals surface area contributed by atoms with Crippen molar-refractivity contribution in [2.24, 2.45) is 5.73 Å². The van der Waals surface area contributed by atoms with Gasteiger partial charge in [-0.3, -0.25) is 9.59 Å². The van der Waals surface area contributed by atoms with Gasteiger partial charge in [0, 0.05) is 17.7 Å². The van der Waals surface area contributed by atoms with Gasteiger partial charge in [0.25, 0.3) is 0 Å². The third-order valence-corrected chi connectivity index (χ3v) is 2.44. The van der Waals surface area contributed by atoms with Crippen molar-refractivity contribution in [3.8, 4) is 0 Å². The number of nitrogens with one attached hydrogen (secondary N) is 1. The second-order valence-corrected chi connectivity index (χ2v) is 3.82. The van der Waals surface area contributed by atoms with Crippen LogP contribution in [-0.4, -0.2) is 23.0 Å². The van der Waals surface area contributed by atoms with Crippen LogP contribution in [0.5, 0.6) is 0 Å². The molecular weight excluding hydrogens is 239 g/mol. The number of para-hydroxylation sites is 1. The Morgan fingerprint density at radius 2 is 2.06 bits per heavy atom. The highest BCUT2D eigenvalue weighted by molar-refractivity contribution is 5.91. The van der Waals surface area contributed by atoms with E-state index < -0.39 is 18.7 Å². The van der Waals surface area contributed by atoms with Crippen molar-refractivity contribution in [3.63, 3.8) is 0 Å². The minimum atomic E-state index is -1.15. The van der Waals surface area contributed by atoms with Crippen molar-refractivity contribution in [2.45, 2.75) is 25.6 Å². The van der Waals surface area contributed by atoms with Crippen molar-refractivity contribution < 1.29 is 19.1 Å².